The van der Waals surface area contributed by atoms with Gasteiger partial charge in [0, 0.05) is 96.9 Å². The second-order valence-corrected chi connectivity index (χ2v) is 18.2. The van der Waals surface area contributed by atoms with Gasteiger partial charge in [-0.3, -0.25) is 0 Å². The molecule has 3 aliphatic rings. The van der Waals surface area contributed by atoms with Crippen molar-refractivity contribution < 1.29 is 60.2 Å². The van der Waals surface area contributed by atoms with Gasteiger partial charge in [0.1, 0.15) is 80.5 Å². The van der Waals surface area contributed by atoms with Gasteiger partial charge in [-0.1, -0.05) is 36.4 Å². The normalized spacial score (nSPS) is 20.2. The van der Waals surface area contributed by atoms with Crippen LogP contribution in [0.25, 0.3) is 43.5 Å². The number of rotatable bonds is 4. The van der Waals surface area contributed by atoms with E-state index < -0.39 is 35.7 Å². The molecule has 1 aliphatic heterocycles. The number of phenols is 10. The van der Waals surface area contributed by atoms with Crippen molar-refractivity contribution in [1.82, 2.24) is 0 Å². The summed E-state index contributed by atoms with van der Waals surface area (Å²) >= 11 is 0. The fraction of sp³-hybridized carbons (Fsp3) is 0.107. The van der Waals surface area contributed by atoms with Crippen LogP contribution in [0.2, 0.25) is 0 Å². The molecule has 10 N–H and O–H groups in total. The Balaban J connectivity index is 1.25. The van der Waals surface area contributed by atoms with E-state index in [1.165, 1.54) is 60.7 Å². The molecule has 0 amide bonds. The van der Waals surface area contributed by atoms with E-state index in [1.807, 2.05) is 0 Å². The Morgan fingerprint density at radius 3 is 1.56 bits per heavy atom. The third-order valence-corrected chi connectivity index (χ3v) is 14.6. The van der Waals surface area contributed by atoms with Gasteiger partial charge in [-0.25, -0.2) is 0 Å². The quantitative estimate of drug-likeness (QED) is 0.0745. The molecule has 1 aromatic heterocycles. The lowest BCUT2D eigenvalue weighted by atomic mass is 9.62. The minimum Gasteiger partial charge on any atom is -0.508 e. The van der Waals surface area contributed by atoms with Gasteiger partial charge in [-0.2, -0.15) is 0 Å². The van der Waals surface area contributed by atoms with Gasteiger partial charge in [-0.15, -0.1) is 0 Å². The number of phenolic OH excluding ortho intramolecular Hbond substituents is 10. The summed E-state index contributed by atoms with van der Waals surface area (Å²) in [6, 6.07) is 34.9. The smallest absolute Gasteiger partial charge is 0.143 e. The van der Waals surface area contributed by atoms with Crippen molar-refractivity contribution >= 4 is 43.5 Å². The van der Waals surface area contributed by atoms with Crippen LogP contribution in [0.3, 0.4) is 0 Å². The first-order chi connectivity index (χ1) is 32.8. The zero-order chi connectivity index (χ0) is 46.6. The summed E-state index contributed by atoms with van der Waals surface area (Å²) in [6.07, 6.45) is -0.817. The highest BCUT2D eigenvalue weighted by Crippen LogP contribution is 2.68. The number of fused-ring (bicyclic) bond motifs is 5. The first-order valence-corrected chi connectivity index (χ1v) is 22.0. The zero-order valence-corrected chi connectivity index (χ0v) is 35.5. The minimum atomic E-state index is -0.953. The van der Waals surface area contributed by atoms with E-state index in [-0.39, 0.29) is 63.1 Å². The van der Waals surface area contributed by atoms with Crippen molar-refractivity contribution in [3.05, 3.63) is 184 Å². The Kier molecular flexibility index (Phi) is 8.02. The molecule has 12 heteroatoms. The molecule has 0 spiro atoms. The largest absolute Gasteiger partial charge is 0.508 e. The second kappa shape index (κ2) is 13.8. The summed E-state index contributed by atoms with van der Waals surface area (Å²) in [5, 5.41) is 118. The molecule has 68 heavy (non-hydrogen) atoms. The van der Waals surface area contributed by atoms with Crippen molar-refractivity contribution in [1.29, 1.82) is 0 Å². The second-order valence-electron chi connectivity index (χ2n) is 18.2. The molecule has 0 radical (unpaired) electrons. The van der Waals surface area contributed by atoms with Gasteiger partial charge in [0.25, 0.3) is 0 Å². The first-order valence-electron chi connectivity index (χ1n) is 22.0. The molecule has 9 aromatic carbocycles. The van der Waals surface area contributed by atoms with Crippen LogP contribution in [0.1, 0.15) is 85.8 Å². The van der Waals surface area contributed by atoms with Gasteiger partial charge in [0.15, 0.2) is 0 Å². The summed E-state index contributed by atoms with van der Waals surface area (Å²) in [6.45, 7) is 0. The van der Waals surface area contributed by atoms with Crippen LogP contribution in [0, 0.1) is 0 Å². The number of ether oxygens (including phenoxy) is 1. The van der Waals surface area contributed by atoms with Crippen LogP contribution in [0.4, 0.5) is 0 Å². The molecular formula is C56H38O12. The molecule has 2 heterocycles. The molecule has 10 aromatic rings. The lowest BCUT2D eigenvalue weighted by Crippen LogP contribution is -2.26. The predicted octanol–water partition coefficient (Wildman–Crippen LogP) is 11.4. The van der Waals surface area contributed by atoms with Gasteiger partial charge in [-0.05, 0) is 106 Å². The SMILES string of the molecule is Oc1ccc(C2Oc3cc(O)cc4c3C2c2cc(O)cc(O)c2C(c2ccc(O)cc2)C4C2c3cc(O)cc4oc5c6ccc(O)cc6c6c(O)cc(O)c(c6c5c34)C2c2ccc(O)cc2)cc1. The molecule has 0 saturated heterocycles. The maximum Gasteiger partial charge on any atom is 0.143 e. The average Bonchev–Trinajstić information content (AvgIpc) is 3.80. The Hall–Kier alpha value is -8.90. The van der Waals surface area contributed by atoms with Gasteiger partial charge >= 0.3 is 0 Å². The number of benzene rings is 9. The Morgan fingerprint density at radius 1 is 0.338 bits per heavy atom. The molecule has 13 rings (SSSR count). The highest BCUT2D eigenvalue weighted by Gasteiger charge is 2.52. The summed E-state index contributed by atoms with van der Waals surface area (Å²) in [4.78, 5) is 0. The third-order valence-electron chi connectivity index (χ3n) is 14.6. The lowest BCUT2D eigenvalue weighted by molar-refractivity contribution is 0.221. The summed E-state index contributed by atoms with van der Waals surface area (Å²) in [5.74, 6) is -5.64. The van der Waals surface area contributed by atoms with Crippen molar-refractivity contribution in [2.75, 3.05) is 0 Å². The van der Waals surface area contributed by atoms with Crippen LogP contribution in [0.5, 0.6) is 63.2 Å². The molecule has 6 atom stereocenters. The van der Waals surface area contributed by atoms with E-state index >= 15 is 0 Å². The molecule has 12 nitrogen and oxygen atoms in total. The van der Waals surface area contributed by atoms with E-state index in [4.69, 9.17) is 9.15 Å². The predicted molar refractivity (Wildman–Crippen MR) is 252 cm³/mol. The molecule has 2 aliphatic carbocycles. The van der Waals surface area contributed by atoms with Crippen molar-refractivity contribution in [2.45, 2.75) is 35.7 Å². The van der Waals surface area contributed by atoms with Crippen LogP contribution < -0.4 is 4.74 Å². The first kappa shape index (κ1) is 39.5. The van der Waals surface area contributed by atoms with Gasteiger partial charge in [0.2, 0.25) is 0 Å². The van der Waals surface area contributed by atoms with Gasteiger partial charge in [0.05, 0.1) is 5.92 Å². The van der Waals surface area contributed by atoms with Gasteiger partial charge < -0.3 is 60.2 Å². The van der Waals surface area contributed by atoms with Crippen LogP contribution >= 0.6 is 0 Å². The average molecular weight is 903 g/mol. The third kappa shape index (κ3) is 5.42. The number of furan rings is 1. The topological polar surface area (TPSA) is 225 Å². The van der Waals surface area contributed by atoms with E-state index in [1.54, 1.807) is 72.8 Å². The Morgan fingerprint density at radius 2 is 0.882 bits per heavy atom. The summed E-state index contributed by atoms with van der Waals surface area (Å²) in [5.41, 5.74) is 5.44. The minimum absolute atomic E-state index is 0.0222. The van der Waals surface area contributed by atoms with E-state index in [0.717, 1.165) is 0 Å². The zero-order valence-electron chi connectivity index (χ0n) is 35.5. The van der Waals surface area contributed by atoms with Crippen LogP contribution in [0.15, 0.2) is 138 Å². The number of hydrogen-bond donors (Lipinski definition) is 10. The number of aromatic hydroxyl groups is 10. The molecule has 6 unspecified atom stereocenters. The Labute approximate surface area is 384 Å². The van der Waals surface area contributed by atoms with Crippen molar-refractivity contribution in [3.63, 3.8) is 0 Å². The number of hydrogen-bond acceptors (Lipinski definition) is 12. The highest BCUT2D eigenvalue weighted by molar-refractivity contribution is 6.33. The highest BCUT2D eigenvalue weighted by atomic mass is 16.5. The van der Waals surface area contributed by atoms with Crippen LogP contribution in [-0.2, 0) is 0 Å². The fourth-order valence-electron chi connectivity index (χ4n) is 12.2. The maximum atomic E-state index is 12.6. The fourth-order valence-corrected chi connectivity index (χ4v) is 12.2. The molecular weight excluding hydrogens is 865 g/mol. The van der Waals surface area contributed by atoms with E-state index in [9.17, 15) is 51.1 Å². The maximum absolute atomic E-state index is 12.6. The van der Waals surface area contributed by atoms with E-state index in [0.29, 0.717) is 93.7 Å². The monoisotopic (exact) mass is 902 g/mol. The standard InChI is InChI=1S/C56H38O12/c57-26-7-1-23(2-8-26)43-46-35(16-30(61)19-38(46)64)51-47-36(17-31(62)20-41(47)67-55(51)25-5-11-28(59)12-6-25)49(43)50-37-18-32(63)21-42-48(37)54-53-45(34-15-29(60)13-14-33(34)56(54)68-42)39(65)22-40(66)52(53)44(50)24-3-9-27(58)10-4-24/h1-22,43-44,49-51,55,57-66H. The molecule has 0 fully saturated rings. The van der Waals surface area contributed by atoms with Crippen molar-refractivity contribution in [2.24, 2.45) is 0 Å². The van der Waals surface area contributed by atoms with Crippen molar-refractivity contribution in [3.8, 4) is 63.2 Å². The molecule has 0 saturated carbocycles. The van der Waals surface area contributed by atoms with E-state index in [2.05, 4.69) is 0 Å². The lowest BCUT2D eigenvalue weighted by Gasteiger charge is -2.40. The molecule has 0 bridgehead atoms. The summed E-state index contributed by atoms with van der Waals surface area (Å²) in [7, 11) is 0. The molecule has 334 valence electrons. The van der Waals surface area contributed by atoms with Crippen LogP contribution in [-0.4, -0.2) is 51.1 Å². The summed E-state index contributed by atoms with van der Waals surface area (Å²) < 4.78 is 13.6. The Bertz CT molecular complexity index is 3800.